The molecule has 3 rings (SSSR count). The normalized spacial score (nSPS) is 19.4. The monoisotopic (exact) mass is 354 g/mol. The number of nitrogens with two attached hydrogens (primary N) is 1. The third kappa shape index (κ3) is 2.37. The number of halogens is 1. The van der Waals surface area contributed by atoms with Crippen molar-refractivity contribution in [1.82, 2.24) is 10.2 Å². The average molecular weight is 354 g/mol. The van der Waals surface area contributed by atoms with Gasteiger partial charge >= 0.3 is 0 Å². The quantitative estimate of drug-likeness (QED) is 0.814. The average Bonchev–Trinajstić information content (AvgIpc) is 2.98. The molecule has 0 amide bonds. The number of aromatic amines is 1. The number of rotatable bonds is 2. The Kier molecular flexibility index (Phi) is 3.25. The Hall–Kier alpha value is -1.08. The van der Waals surface area contributed by atoms with Crippen LogP contribution in [0.15, 0.2) is 30.3 Å². The molecule has 0 radical (unpaired) electrons. The lowest BCUT2D eigenvalue weighted by molar-refractivity contribution is 0.751. The lowest BCUT2D eigenvalue weighted by atomic mass is 10.1. The van der Waals surface area contributed by atoms with Crippen LogP contribution in [0.25, 0.3) is 11.3 Å². The molecular formula is C13H15IN4. The molecule has 2 heterocycles. The number of hydrogen-bond acceptors (Lipinski definition) is 3. The maximum Gasteiger partial charge on any atom is 0.151 e. The summed E-state index contributed by atoms with van der Waals surface area (Å²) in [6.45, 7) is 1.90. The molecule has 2 aromatic rings. The van der Waals surface area contributed by atoms with E-state index in [4.69, 9.17) is 5.73 Å². The minimum absolute atomic E-state index is 0.281. The zero-order valence-electron chi connectivity index (χ0n) is 9.94. The van der Waals surface area contributed by atoms with Crippen LogP contribution in [-0.4, -0.2) is 29.3 Å². The number of nitrogens with zero attached hydrogens (tertiary/aromatic N) is 2. The van der Waals surface area contributed by atoms with Gasteiger partial charge in [-0.1, -0.05) is 12.1 Å². The van der Waals surface area contributed by atoms with Crippen molar-refractivity contribution in [2.24, 2.45) is 5.73 Å². The first kappa shape index (κ1) is 12.0. The summed E-state index contributed by atoms with van der Waals surface area (Å²) in [5, 5.41) is 7.47. The first-order chi connectivity index (χ1) is 8.72. The first-order valence-corrected chi connectivity index (χ1v) is 7.12. The maximum absolute atomic E-state index is 5.92. The van der Waals surface area contributed by atoms with E-state index >= 15 is 0 Å². The zero-order chi connectivity index (χ0) is 12.5. The van der Waals surface area contributed by atoms with Gasteiger partial charge in [0.25, 0.3) is 0 Å². The van der Waals surface area contributed by atoms with E-state index in [9.17, 15) is 0 Å². The largest absolute Gasteiger partial charge is 0.354 e. The number of hydrogen-bond donors (Lipinski definition) is 2. The van der Waals surface area contributed by atoms with E-state index in [0.717, 1.165) is 36.6 Å². The molecule has 0 spiro atoms. The third-order valence-corrected chi connectivity index (χ3v) is 3.99. The molecule has 1 aliphatic rings. The topological polar surface area (TPSA) is 57.9 Å². The summed E-state index contributed by atoms with van der Waals surface area (Å²) < 4.78 is 1.24. The zero-order valence-corrected chi connectivity index (χ0v) is 12.1. The van der Waals surface area contributed by atoms with Crippen LogP contribution in [0.2, 0.25) is 0 Å². The van der Waals surface area contributed by atoms with Crippen molar-refractivity contribution in [3.05, 3.63) is 33.9 Å². The highest BCUT2D eigenvalue weighted by molar-refractivity contribution is 14.1. The van der Waals surface area contributed by atoms with Crippen LogP contribution in [0.1, 0.15) is 6.42 Å². The highest BCUT2D eigenvalue weighted by Crippen LogP contribution is 2.24. The number of nitrogens with one attached hydrogen (secondary N) is 1. The van der Waals surface area contributed by atoms with Gasteiger partial charge in [-0.15, -0.1) is 0 Å². The molecule has 3 N–H and O–H groups in total. The number of anilines is 1. The standard InChI is InChI=1S/C13H15IN4/c14-10-3-1-9(2-4-10)12-7-13(17-16-12)18-6-5-11(15)8-18/h1-4,7,11H,5-6,8,15H2,(H,16,17). The van der Waals surface area contributed by atoms with Gasteiger partial charge in [0.05, 0.1) is 5.69 Å². The Morgan fingerprint density at radius 1 is 1.33 bits per heavy atom. The van der Waals surface area contributed by atoms with Gasteiger partial charge in [0.1, 0.15) is 0 Å². The fourth-order valence-corrected chi connectivity index (χ4v) is 2.61. The minimum Gasteiger partial charge on any atom is -0.354 e. The van der Waals surface area contributed by atoms with Crippen LogP contribution in [0.3, 0.4) is 0 Å². The number of benzene rings is 1. The Balaban J connectivity index is 1.83. The highest BCUT2D eigenvalue weighted by Gasteiger charge is 2.21. The van der Waals surface area contributed by atoms with Crippen LogP contribution >= 0.6 is 22.6 Å². The second-order valence-corrected chi connectivity index (χ2v) is 5.89. The van der Waals surface area contributed by atoms with Gasteiger partial charge in [-0.25, -0.2) is 0 Å². The van der Waals surface area contributed by atoms with E-state index in [1.165, 1.54) is 3.57 Å². The molecule has 1 aromatic carbocycles. The van der Waals surface area contributed by atoms with Crippen molar-refractivity contribution in [3.63, 3.8) is 0 Å². The molecule has 1 saturated heterocycles. The van der Waals surface area contributed by atoms with E-state index < -0.39 is 0 Å². The Labute approximate surface area is 120 Å². The van der Waals surface area contributed by atoms with Gasteiger partial charge in [-0.05, 0) is 46.7 Å². The van der Waals surface area contributed by atoms with E-state index in [0.29, 0.717) is 0 Å². The van der Waals surface area contributed by atoms with Gasteiger partial charge < -0.3 is 10.6 Å². The summed E-state index contributed by atoms with van der Waals surface area (Å²) in [6.07, 6.45) is 1.05. The molecule has 1 aliphatic heterocycles. The van der Waals surface area contributed by atoms with Crippen LogP contribution in [0.4, 0.5) is 5.82 Å². The van der Waals surface area contributed by atoms with Crippen LogP contribution in [0, 0.1) is 3.57 Å². The Morgan fingerprint density at radius 2 is 2.11 bits per heavy atom. The first-order valence-electron chi connectivity index (χ1n) is 6.04. The van der Waals surface area contributed by atoms with Gasteiger partial charge in [0.15, 0.2) is 5.82 Å². The van der Waals surface area contributed by atoms with Crippen molar-refractivity contribution in [1.29, 1.82) is 0 Å². The molecule has 0 saturated carbocycles. The summed E-state index contributed by atoms with van der Waals surface area (Å²) in [5.74, 6) is 0.997. The van der Waals surface area contributed by atoms with E-state index in [1.807, 2.05) is 0 Å². The Morgan fingerprint density at radius 3 is 2.78 bits per heavy atom. The van der Waals surface area contributed by atoms with Crippen molar-refractivity contribution in [2.75, 3.05) is 18.0 Å². The highest BCUT2D eigenvalue weighted by atomic mass is 127. The number of H-pyrrole nitrogens is 1. The molecule has 1 atom stereocenters. The second kappa shape index (κ2) is 4.89. The summed E-state index contributed by atoms with van der Waals surface area (Å²) >= 11 is 2.31. The summed E-state index contributed by atoms with van der Waals surface area (Å²) in [4.78, 5) is 2.23. The van der Waals surface area contributed by atoms with Gasteiger partial charge in [-0.3, -0.25) is 5.10 Å². The molecule has 0 aliphatic carbocycles. The Bertz CT molecular complexity index is 534. The van der Waals surface area contributed by atoms with Crippen molar-refractivity contribution in [2.45, 2.75) is 12.5 Å². The maximum atomic E-state index is 5.92. The van der Waals surface area contributed by atoms with E-state index in [1.54, 1.807) is 0 Å². The van der Waals surface area contributed by atoms with Crippen LogP contribution < -0.4 is 10.6 Å². The molecular weight excluding hydrogens is 339 g/mol. The fourth-order valence-electron chi connectivity index (χ4n) is 2.25. The predicted octanol–water partition coefficient (Wildman–Crippen LogP) is 2.22. The summed E-state index contributed by atoms with van der Waals surface area (Å²) in [6, 6.07) is 10.8. The molecule has 18 heavy (non-hydrogen) atoms. The molecule has 1 aromatic heterocycles. The molecule has 1 fully saturated rings. The molecule has 0 bridgehead atoms. The predicted molar refractivity (Wildman–Crippen MR) is 81.5 cm³/mol. The van der Waals surface area contributed by atoms with Gasteiger partial charge in [-0.2, -0.15) is 5.10 Å². The van der Waals surface area contributed by atoms with E-state index in [-0.39, 0.29) is 6.04 Å². The lowest BCUT2D eigenvalue weighted by Crippen LogP contribution is -2.26. The minimum atomic E-state index is 0.281. The van der Waals surface area contributed by atoms with Crippen LogP contribution in [0.5, 0.6) is 0 Å². The van der Waals surface area contributed by atoms with Gasteiger partial charge in [0, 0.05) is 28.8 Å². The molecule has 1 unspecified atom stereocenters. The summed E-state index contributed by atoms with van der Waals surface area (Å²) in [7, 11) is 0. The second-order valence-electron chi connectivity index (χ2n) is 4.64. The summed E-state index contributed by atoms with van der Waals surface area (Å²) in [5.41, 5.74) is 8.14. The SMILES string of the molecule is NC1CCN(c2cc(-c3ccc(I)cc3)[nH]n2)C1. The number of aromatic nitrogens is 2. The fraction of sp³-hybridized carbons (Fsp3) is 0.308. The van der Waals surface area contributed by atoms with Crippen molar-refractivity contribution < 1.29 is 0 Å². The lowest BCUT2D eigenvalue weighted by Gasteiger charge is -2.13. The smallest absolute Gasteiger partial charge is 0.151 e. The van der Waals surface area contributed by atoms with Gasteiger partial charge in [0.2, 0.25) is 0 Å². The van der Waals surface area contributed by atoms with E-state index in [2.05, 4.69) is 68.0 Å². The van der Waals surface area contributed by atoms with Crippen molar-refractivity contribution >= 4 is 28.4 Å². The third-order valence-electron chi connectivity index (χ3n) is 3.27. The molecule has 4 nitrogen and oxygen atoms in total. The molecule has 94 valence electrons. The van der Waals surface area contributed by atoms with Crippen molar-refractivity contribution in [3.8, 4) is 11.3 Å². The van der Waals surface area contributed by atoms with Crippen LogP contribution in [-0.2, 0) is 0 Å². The molecule has 5 heteroatoms.